The van der Waals surface area contributed by atoms with Crippen LogP contribution in [0.3, 0.4) is 0 Å². The van der Waals surface area contributed by atoms with Gasteiger partial charge in [-0.2, -0.15) is 0 Å². The number of unbranched alkanes of at least 4 members (excludes halogenated alkanes) is 4. The van der Waals surface area contributed by atoms with Crippen molar-refractivity contribution >= 4 is 23.6 Å². The highest BCUT2D eigenvalue weighted by atomic mass is 32.2. The van der Waals surface area contributed by atoms with Gasteiger partial charge in [-0.15, -0.1) is 11.8 Å². The molecule has 1 heterocycles. The van der Waals surface area contributed by atoms with Crippen LogP contribution in [0.2, 0.25) is 0 Å². The predicted molar refractivity (Wildman–Crippen MR) is 153 cm³/mol. The van der Waals surface area contributed by atoms with Crippen LogP contribution in [0, 0.1) is 0 Å². The monoisotopic (exact) mass is 535 g/mol. The fraction of sp³-hybridized carbons (Fsp3) is 0.400. The molecule has 38 heavy (non-hydrogen) atoms. The fourth-order valence-corrected chi connectivity index (χ4v) is 4.96. The molecule has 2 aromatic carbocycles. The second kappa shape index (κ2) is 14.5. The van der Waals surface area contributed by atoms with Crippen LogP contribution in [-0.2, 0) is 17.9 Å². The van der Waals surface area contributed by atoms with E-state index in [9.17, 15) is 14.4 Å². The lowest BCUT2D eigenvalue weighted by atomic mass is 10.1. The molecule has 0 saturated heterocycles. The van der Waals surface area contributed by atoms with Crippen molar-refractivity contribution in [2.75, 3.05) is 6.54 Å². The molecule has 8 heteroatoms. The molecule has 0 spiro atoms. The number of amides is 1. The summed E-state index contributed by atoms with van der Waals surface area (Å²) in [7, 11) is 0. The number of benzene rings is 2. The Hall–Kier alpha value is -3.39. The van der Waals surface area contributed by atoms with Crippen molar-refractivity contribution in [3.05, 3.63) is 82.4 Å². The number of nitrogens with zero attached hydrogens (tertiary/aromatic N) is 3. The molecule has 0 saturated carbocycles. The topological polar surface area (TPSA) is 92.5 Å². The third-order valence-corrected chi connectivity index (χ3v) is 7.47. The Balaban J connectivity index is 1.85. The summed E-state index contributed by atoms with van der Waals surface area (Å²) < 4.78 is 1.59. The summed E-state index contributed by atoms with van der Waals surface area (Å²) in [5.74, 6) is -0.410. The van der Waals surface area contributed by atoms with Crippen molar-refractivity contribution in [1.29, 1.82) is 0 Å². The number of carboxylic acids is 1. The van der Waals surface area contributed by atoms with Crippen LogP contribution in [-0.4, -0.2) is 43.2 Å². The van der Waals surface area contributed by atoms with E-state index in [1.807, 2.05) is 37.3 Å². The molecule has 0 aliphatic rings. The Morgan fingerprint density at radius 1 is 1.00 bits per heavy atom. The first-order chi connectivity index (χ1) is 18.3. The minimum absolute atomic E-state index is 0.128. The first-order valence-corrected chi connectivity index (χ1v) is 14.2. The molecule has 0 fully saturated rings. The maximum Gasteiger partial charge on any atom is 0.316 e. The van der Waals surface area contributed by atoms with E-state index in [1.54, 1.807) is 40.7 Å². The summed E-state index contributed by atoms with van der Waals surface area (Å²) in [6, 6.07) is 18.1. The molecule has 202 valence electrons. The van der Waals surface area contributed by atoms with Gasteiger partial charge >= 0.3 is 5.97 Å². The Morgan fingerprint density at radius 3 is 2.32 bits per heavy atom. The second-order valence-electron chi connectivity index (χ2n) is 9.29. The number of carbonyl (C=O) groups is 2. The van der Waals surface area contributed by atoms with Gasteiger partial charge in [-0.25, -0.2) is 4.98 Å². The molecule has 0 aliphatic heterocycles. The predicted octanol–water partition coefficient (Wildman–Crippen LogP) is 6.11. The minimum Gasteiger partial charge on any atom is -0.480 e. The van der Waals surface area contributed by atoms with Gasteiger partial charge in [0.05, 0.1) is 5.69 Å². The normalized spacial score (nSPS) is 11.8. The van der Waals surface area contributed by atoms with Gasteiger partial charge in [0, 0.05) is 35.1 Å². The zero-order valence-electron chi connectivity index (χ0n) is 22.4. The molecule has 0 aliphatic carbocycles. The van der Waals surface area contributed by atoms with E-state index in [0.717, 1.165) is 42.6 Å². The SMILES string of the molecule is CCCCCCCN(Cn1c(CC)nc(-c2ccccc2)cc1=O)C(=O)c1ccc(SC(C)C(=O)O)cc1. The fourth-order valence-electron chi connectivity index (χ4n) is 4.16. The Bertz CT molecular complexity index is 1260. The summed E-state index contributed by atoms with van der Waals surface area (Å²) in [5.41, 5.74) is 1.83. The van der Waals surface area contributed by atoms with Crippen LogP contribution in [0.25, 0.3) is 11.3 Å². The molecular weight excluding hydrogens is 498 g/mol. The van der Waals surface area contributed by atoms with Crippen LogP contribution < -0.4 is 5.56 Å². The zero-order valence-corrected chi connectivity index (χ0v) is 23.2. The van der Waals surface area contributed by atoms with Crippen molar-refractivity contribution in [1.82, 2.24) is 14.5 Å². The first kappa shape index (κ1) is 29.2. The van der Waals surface area contributed by atoms with Crippen LogP contribution in [0.1, 0.15) is 69.1 Å². The summed E-state index contributed by atoms with van der Waals surface area (Å²) in [4.78, 5) is 45.3. The highest BCUT2D eigenvalue weighted by Gasteiger charge is 2.20. The highest BCUT2D eigenvalue weighted by molar-refractivity contribution is 8.00. The van der Waals surface area contributed by atoms with Gasteiger partial charge in [-0.05, 0) is 37.6 Å². The molecule has 3 aromatic rings. The summed E-state index contributed by atoms with van der Waals surface area (Å²) >= 11 is 1.23. The van der Waals surface area contributed by atoms with Gasteiger partial charge in [0.15, 0.2) is 0 Å². The van der Waals surface area contributed by atoms with Crippen LogP contribution in [0.5, 0.6) is 0 Å². The molecule has 1 N–H and O–H groups in total. The summed E-state index contributed by atoms with van der Waals surface area (Å²) in [6.07, 6.45) is 5.83. The minimum atomic E-state index is -0.881. The van der Waals surface area contributed by atoms with Crippen LogP contribution >= 0.6 is 11.8 Å². The number of hydrogen-bond acceptors (Lipinski definition) is 5. The lowest BCUT2D eigenvalue weighted by Gasteiger charge is -2.25. The second-order valence-corrected chi connectivity index (χ2v) is 10.7. The third-order valence-electron chi connectivity index (χ3n) is 6.37. The molecule has 3 rings (SSSR count). The number of thioether (sulfide) groups is 1. The molecule has 1 unspecified atom stereocenters. The van der Waals surface area contributed by atoms with E-state index < -0.39 is 11.2 Å². The summed E-state index contributed by atoms with van der Waals surface area (Å²) in [5, 5.41) is 8.59. The van der Waals surface area contributed by atoms with Gasteiger partial charge in [0.2, 0.25) is 0 Å². The number of hydrogen-bond donors (Lipinski definition) is 1. The maximum atomic E-state index is 13.6. The Labute approximate surface area is 228 Å². The lowest BCUT2D eigenvalue weighted by Crippen LogP contribution is -2.39. The van der Waals surface area contributed by atoms with E-state index in [2.05, 4.69) is 6.92 Å². The number of aliphatic carboxylic acids is 1. The number of rotatable bonds is 14. The van der Waals surface area contributed by atoms with Crippen molar-refractivity contribution in [3.63, 3.8) is 0 Å². The van der Waals surface area contributed by atoms with E-state index in [1.165, 1.54) is 17.8 Å². The number of carboxylic acid groups (broad SMARTS) is 1. The van der Waals surface area contributed by atoms with Crippen molar-refractivity contribution in [3.8, 4) is 11.3 Å². The van der Waals surface area contributed by atoms with Crippen molar-refractivity contribution in [2.24, 2.45) is 0 Å². The van der Waals surface area contributed by atoms with Gasteiger partial charge < -0.3 is 10.0 Å². The summed E-state index contributed by atoms with van der Waals surface area (Å²) in [6.45, 7) is 6.42. The molecule has 0 bridgehead atoms. The van der Waals surface area contributed by atoms with Gasteiger partial charge in [-0.3, -0.25) is 19.0 Å². The maximum absolute atomic E-state index is 13.6. The van der Waals surface area contributed by atoms with Gasteiger partial charge in [0.25, 0.3) is 11.5 Å². The molecule has 1 amide bonds. The van der Waals surface area contributed by atoms with Gasteiger partial charge in [-0.1, -0.05) is 69.9 Å². The van der Waals surface area contributed by atoms with E-state index in [4.69, 9.17) is 10.1 Å². The van der Waals surface area contributed by atoms with E-state index in [-0.39, 0.29) is 18.1 Å². The van der Waals surface area contributed by atoms with E-state index in [0.29, 0.717) is 30.0 Å². The average Bonchev–Trinajstić information content (AvgIpc) is 2.93. The number of carbonyl (C=O) groups excluding carboxylic acids is 1. The first-order valence-electron chi connectivity index (χ1n) is 13.3. The lowest BCUT2D eigenvalue weighted by molar-refractivity contribution is -0.136. The van der Waals surface area contributed by atoms with Crippen LogP contribution in [0.4, 0.5) is 0 Å². The third kappa shape index (κ3) is 8.05. The molecule has 7 nitrogen and oxygen atoms in total. The molecular formula is C30H37N3O4S. The van der Waals surface area contributed by atoms with Crippen molar-refractivity contribution < 1.29 is 14.7 Å². The molecule has 1 atom stereocenters. The molecule has 0 radical (unpaired) electrons. The van der Waals surface area contributed by atoms with Gasteiger partial charge in [0.1, 0.15) is 17.7 Å². The standard InChI is InChI=1S/C30H37N3O4S/c1-4-6-7-8-12-19-32(29(35)24-15-17-25(18-16-24)38-22(3)30(36)37)21-33-27(5-2)31-26(20-28(33)34)23-13-10-9-11-14-23/h9-11,13-18,20,22H,4-8,12,19,21H2,1-3H3,(H,36,37). The zero-order chi connectivity index (χ0) is 27.5. The average molecular weight is 536 g/mol. The smallest absolute Gasteiger partial charge is 0.316 e. The number of aryl methyl sites for hydroxylation is 1. The van der Waals surface area contributed by atoms with Crippen molar-refractivity contribution in [2.45, 2.75) is 76.1 Å². The Morgan fingerprint density at radius 2 is 1.68 bits per heavy atom. The largest absolute Gasteiger partial charge is 0.480 e. The Kier molecular flexibility index (Phi) is 11.1. The molecule has 1 aromatic heterocycles. The quantitative estimate of drug-likeness (QED) is 0.198. The van der Waals surface area contributed by atoms with E-state index >= 15 is 0 Å². The number of aromatic nitrogens is 2. The highest BCUT2D eigenvalue weighted by Crippen LogP contribution is 2.24. The van der Waals surface area contributed by atoms with Crippen LogP contribution in [0.15, 0.2) is 70.4 Å².